The van der Waals surface area contributed by atoms with Gasteiger partial charge in [-0.05, 0) is 32.8 Å². The van der Waals surface area contributed by atoms with E-state index in [-0.39, 0.29) is 6.04 Å². The van der Waals surface area contributed by atoms with Gasteiger partial charge in [0, 0.05) is 25.4 Å². The first-order valence-electron chi connectivity index (χ1n) is 5.45. The molecule has 1 unspecified atom stereocenters. The molecule has 0 aliphatic carbocycles. The molecule has 4 nitrogen and oxygen atoms in total. The van der Waals surface area contributed by atoms with Crippen LogP contribution in [0.25, 0.3) is 0 Å². The standard InChI is InChI=1S/C11H21N3O/c1-4-14-11(7-9(2)13-14)6-5-10(12)8-15-3/h7,10H,4-6,8,12H2,1-3H3. The van der Waals surface area contributed by atoms with Crippen LogP contribution in [0.4, 0.5) is 0 Å². The van der Waals surface area contributed by atoms with Crippen LogP contribution < -0.4 is 5.73 Å². The lowest BCUT2D eigenvalue weighted by atomic mass is 10.1. The molecule has 0 aromatic carbocycles. The van der Waals surface area contributed by atoms with Crippen LogP contribution >= 0.6 is 0 Å². The van der Waals surface area contributed by atoms with Crippen LogP contribution in [-0.2, 0) is 17.7 Å². The maximum atomic E-state index is 5.88. The first-order valence-corrected chi connectivity index (χ1v) is 5.45. The smallest absolute Gasteiger partial charge is 0.0613 e. The fourth-order valence-electron chi connectivity index (χ4n) is 1.70. The van der Waals surface area contributed by atoms with Gasteiger partial charge < -0.3 is 10.5 Å². The predicted octanol–water partition coefficient (Wildman–Crippen LogP) is 1.12. The third-order valence-corrected chi connectivity index (χ3v) is 2.44. The molecule has 86 valence electrons. The lowest BCUT2D eigenvalue weighted by Crippen LogP contribution is -2.26. The molecule has 0 amide bonds. The Labute approximate surface area is 91.4 Å². The third kappa shape index (κ3) is 3.64. The van der Waals surface area contributed by atoms with Crippen LogP contribution in [0.15, 0.2) is 6.07 Å². The van der Waals surface area contributed by atoms with E-state index in [1.54, 1.807) is 7.11 Å². The number of hydrogen-bond donors (Lipinski definition) is 1. The minimum absolute atomic E-state index is 0.121. The van der Waals surface area contributed by atoms with Crippen molar-refractivity contribution in [2.45, 2.75) is 39.3 Å². The second-order valence-electron chi connectivity index (χ2n) is 3.85. The van der Waals surface area contributed by atoms with Crippen molar-refractivity contribution < 1.29 is 4.74 Å². The van der Waals surface area contributed by atoms with Crippen molar-refractivity contribution in [3.05, 3.63) is 17.5 Å². The van der Waals surface area contributed by atoms with Gasteiger partial charge in [-0.15, -0.1) is 0 Å². The molecular formula is C11H21N3O. The Bertz CT molecular complexity index is 296. The molecule has 0 aliphatic heterocycles. The maximum absolute atomic E-state index is 5.88. The molecule has 0 radical (unpaired) electrons. The number of rotatable bonds is 6. The highest BCUT2D eigenvalue weighted by molar-refractivity contribution is 5.09. The number of ether oxygens (including phenoxy) is 1. The van der Waals surface area contributed by atoms with Crippen molar-refractivity contribution in [3.8, 4) is 0 Å². The summed E-state index contributed by atoms with van der Waals surface area (Å²) in [6.45, 7) is 5.66. The summed E-state index contributed by atoms with van der Waals surface area (Å²) in [6, 6.07) is 2.25. The van der Waals surface area contributed by atoms with E-state index in [1.165, 1.54) is 5.69 Å². The predicted molar refractivity (Wildman–Crippen MR) is 60.8 cm³/mol. The monoisotopic (exact) mass is 211 g/mol. The number of aromatic nitrogens is 2. The number of aryl methyl sites for hydroxylation is 3. The Kier molecular flexibility index (Phi) is 4.78. The number of nitrogens with two attached hydrogens (primary N) is 1. The SMILES string of the molecule is CCn1nc(C)cc1CCC(N)COC. The maximum Gasteiger partial charge on any atom is 0.0613 e. The van der Waals surface area contributed by atoms with E-state index >= 15 is 0 Å². The van der Waals surface area contributed by atoms with E-state index in [9.17, 15) is 0 Å². The molecule has 0 fully saturated rings. The molecule has 15 heavy (non-hydrogen) atoms. The molecule has 1 rings (SSSR count). The third-order valence-electron chi connectivity index (χ3n) is 2.44. The van der Waals surface area contributed by atoms with E-state index in [1.807, 2.05) is 11.6 Å². The average Bonchev–Trinajstić information content (AvgIpc) is 2.56. The van der Waals surface area contributed by atoms with Crippen molar-refractivity contribution >= 4 is 0 Å². The second-order valence-corrected chi connectivity index (χ2v) is 3.85. The average molecular weight is 211 g/mol. The van der Waals surface area contributed by atoms with Gasteiger partial charge in [0.15, 0.2) is 0 Å². The van der Waals surface area contributed by atoms with Crippen LogP contribution in [0.1, 0.15) is 24.7 Å². The topological polar surface area (TPSA) is 53.1 Å². The highest BCUT2D eigenvalue weighted by Gasteiger charge is 2.07. The summed E-state index contributed by atoms with van der Waals surface area (Å²) in [4.78, 5) is 0. The van der Waals surface area contributed by atoms with E-state index in [0.29, 0.717) is 6.61 Å². The van der Waals surface area contributed by atoms with Gasteiger partial charge in [-0.3, -0.25) is 4.68 Å². The van der Waals surface area contributed by atoms with Crippen LogP contribution in [0.2, 0.25) is 0 Å². The Hall–Kier alpha value is -0.870. The molecule has 2 N–H and O–H groups in total. The molecule has 0 spiro atoms. The van der Waals surface area contributed by atoms with Crippen molar-refractivity contribution in [3.63, 3.8) is 0 Å². The fraction of sp³-hybridized carbons (Fsp3) is 0.727. The molecule has 1 aromatic rings. The van der Waals surface area contributed by atoms with Gasteiger partial charge in [0.25, 0.3) is 0 Å². The molecule has 1 atom stereocenters. The first kappa shape index (κ1) is 12.2. The van der Waals surface area contributed by atoms with E-state index in [4.69, 9.17) is 10.5 Å². The van der Waals surface area contributed by atoms with E-state index < -0.39 is 0 Å². The normalized spacial score (nSPS) is 13.1. The zero-order valence-corrected chi connectivity index (χ0v) is 9.86. The summed E-state index contributed by atoms with van der Waals surface area (Å²) < 4.78 is 7.04. The molecule has 1 heterocycles. The molecule has 1 aromatic heterocycles. The highest BCUT2D eigenvalue weighted by atomic mass is 16.5. The highest BCUT2D eigenvalue weighted by Crippen LogP contribution is 2.07. The van der Waals surface area contributed by atoms with Gasteiger partial charge in [0.1, 0.15) is 0 Å². The van der Waals surface area contributed by atoms with Crippen molar-refractivity contribution in [2.75, 3.05) is 13.7 Å². The van der Waals surface area contributed by atoms with Gasteiger partial charge in [-0.25, -0.2) is 0 Å². The van der Waals surface area contributed by atoms with Crippen LogP contribution in [0.3, 0.4) is 0 Å². The Morgan fingerprint density at radius 1 is 1.60 bits per heavy atom. The Balaban J connectivity index is 2.49. The zero-order chi connectivity index (χ0) is 11.3. The van der Waals surface area contributed by atoms with Crippen molar-refractivity contribution in [2.24, 2.45) is 5.73 Å². The van der Waals surface area contributed by atoms with Crippen LogP contribution in [-0.4, -0.2) is 29.5 Å². The summed E-state index contributed by atoms with van der Waals surface area (Å²) in [5, 5.41) is 4.40. The zero-order valence-electron chi connectivity index (χ0n) is 9.86. The number of hydrogen-bond acceptors (Lipinski definition) is 3. The van der Waals surface area contributed by atoms with Crippen LogP contribution in [0, 0.1) is 6.92 Å². The minimum Gasteiger partial charge on any atom is -0.383 e. The molecule has 0 saturated carbocycles. The molecule has 4 heteroatoms. The van der Waals surface area contributed by atoms with Crippen molar-refractivity contribution in [1.82, 2.24) is 9.78 Å². The Morgan fingerprint density at radius 3 is 2.93 bits per heavy atom. The summed E-state index contributed by atoms with van der Waals surface area (Å²) >= 11 is 0. The number of nitrogens with zero attached hydrogens (tertiary/aromatic N) is 2. The molecule has 0 bridgehead atoms. The summed E-state index contributed by atoms with van der Waals surface area (Å²) in [5.41, 5.74) is 8.22. The lowest BCUT2D eigenvalue weighted by molar-refractivity contribution is 0.177. The fourth-order valence-corrected chi connectivity index (χ4v) is 1.70. The van der Waals surface area contributed by atoms with Gasteiger partial charge in [-0.1, -0.05) is 0 Å². The first-order chi connectivity index (χ1) is 7.17. The summed E-state index contributed by atoms with van der Waals surface area (Å²) in [6.07, 6.45) is 1.91. The van der Waals surface area contributed by atoms with Crippen molar-refractivity contribution in [1.29, 1.82) is 0 Å². The lowest BCUT2D eigenvalue weighted by Gasteiger charge is -2.10. The van der Waals surface area contributed by atoms with Gasteiger partial charge in [0.05, 0.1) is 12.3 Å². The van der Waals surface area contributed by atoms with Crippen LogP contribution in [0.5, 0.6) is 0 Å². The van der Waals surface area contributed by atoms with Gasteiger partial charge >= 0.3 is 0 Å². The molecule has 0 aliphatic rings. The summed E-state index contributed by atoms with van der Waals surface area (Å²) in [5.74, 6) is 0. The quantitative estimate of drug-likeness (QED) is 0.767. The number of methoxy groups -OCH3 is 1. The Morgan fingerprint density at radius 2 is 2.33 bits per heavy atom. The second kappa shape index (κ2) is 5.88. The van der Waals surface area contributed by atoms with E-state index in [0.717, 1.165) is 25.1 Å². The minimum atomic E-state index is 0.121. The summed E-state index contributed by atoms with van der Waals surface area (Å²) in [7, 11) is 1.68. The van der Waals surface area contributed by atoms with E-state index in [2.05, 4.69) is 18.1 Å². The van der Waals surface area contributed by atoms with Gasteiger partial charge in [-0.2, -0.15) is 5.10 Å². The largest absolute Gasteiger partial charge is 0.383 e. The molecule has 0 saturated heterocycles. The van der Waals surface area contributed by atoms with Gasteiger partial charge in [0.2, 0.25) is 0 Å². The molecular weight excluding hydrogens is 190 g/mol.